The van der Waals surface area contributed by atoms with Crippen LogP contribution in [-0.2, 0) is 8.23 Å². The standard InChI is InChI=1S/C16H36O2Si3/c1-9-19(10-2,11-3)17-21(15-7,16-8)18-20(12-4,13-5)14-6/h15-16H,7-14H2,1-6H3. The summed E-state index contributed by atoms with van der Waals surface area (Å²) in [5.41, 5.74) is 3.93. The third-order valence-corrected chi connectivity index (χ3v) is 20.1. The zero-order valence-electron chi connectivity index (χ0n) is 15.1. The van der Waals surface area contributed by atoms with E-state index in [1.165, 1.54) is 0 Å². The Labute approximate surface area is 136 Å². The molecule has 0 unspecified atom stereocenters. The highest BCUT2D eigenvalue weighted by Gasteiger charge is 2.46. The Kier molecular flexibility index (Phi) is 9.27. The van der Waals surface area contributed by atoms with Gasteiger partial charge >= 0.3 is 8.56 Å². The fourth-order valence-electron chi connectivity index (χ4n) is 2.88. The molecule has 0 spiro atoms. The molecule has 124 valence electrons. The van der Waals surface area contributed by atoms with Crippen LogP contribution in [0.4, 0.5) is 0 Å². The van der Waals surface area contributed by atoms with E-state index in [0.717, 1.165) is 36.3 Å². The third kappa shape index (κ3) is 5.03. The molecule has 0 fully saturated rings. The van der Waals surface area contributed by atoms with Gasteiger partial charge in [0.25, 0.3) is 0 Å². The van der Waals surface area contributed by atoms with Crippen LogP contribution in [0, 0.1) is 0 Å². The molecule has 0 N–H and O–H groups in total. The lowest BCUT2D eigenvalue weighted by atomic mass is 10.9. The van der Waals surface area contributed by atoms with Gasteiger partial charge in [0.2, 0.25) is 0 Å². The first kappa shape index (κ1) is 21.1. The third-order valence-electron chi connectivity index (χ3n) is 5.19. The van der Waals surface area contributed by atoms with Gasteiger partial charge in [-0.2, -0.15) is 0 Å². The molecule has 0 saturated carbocycles. The first-order valence-corrected chi connectivity index (χ1v) is 15.6. The maximum Gasteiger partial charge on any atom is 0.370 e. The largest absolute Gasteiger partial charge is 0.430 e. The van der Waals surface area contributed by atoms with Crippen LogP contribution in [0.2, 0.25) is 36.3 Å². The van der Waals surface area contributed by atoms with Gasteiger partial charge < -0.3 is 8.23 Å². The van der Waals surface area contributed by atoms with Gasteiger partial charge in [-0.05, 0) is 47.7 Å². The summed E-state index contributed by atoms with van der Waals surface area (Å²) in [5.74, 6) is 0. The quantitative estimate of drug-likeness (QED) is 0.409. The fraction of sp³-hybridized carbons (Fsp3) is 0.750. The monoisotopic (exact) mass is 344 g/mol. The first-order chi connectivity index (χ1) is 9.90. The molecule has 2 nitrogen and oxygen atoms in total. The summed E-state index contributed by atoms with van der Waals surface area (Å²) in [6.45, 7) is 21.7. The lowest BCUT2D eigenvalue weighted by molar-refractivity contribution is 0.392. The Balaban J connectivity index is 5.53. The Morgan fingerprint density at radius 1 is 0.619 bits per heavy atom. The second-order valence-corrected chi connectivity index (χ2v) is 18.7. The van der Waals surface area contributed by atoms with Crippen molar-refractivity contribution < 1.29 is 8.23 Å². The molecule has 0 rings (SSSR count). The molecular formula is C16H36O2Si3. The van der Waals surface area contributed by atoms with E-state index in [-0.39, 0.29) is 0 Å². The second kappa shape index (κ2) is 9.25. The van der Waals surface area contributed by atoms with Crippen LogP contribution in [0.3, 0.4) is 0 Å². The van der Waals surface area contributed by atoms with Crippen LogP contribution in [0.1, 0.15) is 41.5 Å². The maximum atomic E-state index is 6.79. The number of hydrogen-bond donors (Lipinski definition) is 0. The second-order valence-electron chi connectivity index (χ2n) is 5.82. The average Bonchev–Trinajstić information content (AvgIpc) is 2.57. The topological polar surface area (TPSA) is 18.5 Å². The van der Waals surface area contributed by atoms with Crippen molar-refractivity contribution >= 4 is 25.2 Å². The van der Waals surface area contributed by atoms with Gasteiger partial charge in [0, 0.05) is 0 Å². The minimum Gasteiger partial charge on any atom is -0.430 e. The van der Waals surface area contributed by atoms with Gasteiger partial charge in [0.05, 0.1) is 0 Å². The minimum absolute atomic E-state index is 1.14. The molecule has 0 aromatic heterocycles. The Morgan fingerprint density at radius 2 is 0.857 bits per heavy atom. The molecule has 0 aromatic rings. The van der Waals surface area contributed by atoms with Crippen molar-refractivity contribution in [2.75, 3.05) is 0 Å². The van der Waals surface area contributed by atoms with Gasteiger partial charge in [-0.15, -0.1) is 13.2 Å². The molecule has 0 bridgehead atoms. The van der Waals surface area contributed by atoms with Crippen LogP contribution < -0.4 is 0 Å². The molecule has 0 aliphatic carbocycles. The van der Waals surface area contributed by atoms with Crippen LogP contribution in [-0.4, -0.2) is 25.2 Å². The molecule has 0 atom stereocenters. The van der Waals surface area contributed by atoms with Crippen molar-refractivity contribution in [2.24, 2.45) is 0 Å². The highest BCUT2D eigenvalue weighted by Crippen LogP contribution is 2.32. The molecule has 21 heavy (non-hydrogen) atoms. The maximum absolute atomic E-state index is 6.79. The SMILES string of the molecule is C=C[Si](C=C)(O[Si](CC)(CC)CC)O[Si](CC)(CC)CC. The molecule has 0 radical (unpaired) electrons. The van der Waals surface area contributed by atoms with Gasteiger partial charge in [-0.3, -0.25) is 0 Å². The summed E-state index contributed by atoms with van der Waals surface area (Å²) >= 11 is 0. The van der Waals surface area contributed by atoms with E-state index in [4.69, 9.17) is 8.23 Å². The van der Waals surface area contributed by atoms with Crippen molar-refractivity contribution in [1.29, 1.82) is 0 Å². The van der Waals surface area contributed by atoms with Crippen LogP contribution in [0.25, 0.3) is 0 Å². The fourth-order valence-corrected chi connectivity index (χ4v) is 16.8. The molecule has 0 aliphatic rings. The molecular weight excluding hydrogens is 308 g/mol. The van der Waals surface area contributed by atoms with E-state index >= 15 is 0 Å². The van der Waals surface area contributed by atoms with E-state index < -0.39 is 25.2 Å². The van der Waals surface area contributed by atoms with Crippen molar-refractivity contribution in [3.8, 4) is 0 Å². The summed E-state index contributed by atoms with van der Waals surface area (Å²) in [6, 6.07) is 6.83. The lowest BCUT2D eigenvalue weighted by Crippen LogP contribution is -2.56. The van der Waals surface area contributed by atoms with Crippen molar-refractivity contribution in [3.05, 3.63) is 24.6 Å². The van der Waals surface area contributed by atoms with Crippen LogP contribution >= 0.6 is 0 Å². The summed E-state index contributed by atoms with van der Waals surface area (Å²) < 4.78 is 13.6. The predicted molar refractivity (Wildman–Crippen MR) is 103 cm³/mol. The van der Waals surface area contributed by atoms with Gasteiger partial charge in [-0.1, -0.05) is 41.5 Å². The smallest absolute Gasteiger partial charge is 0.370 e. The zero-order chi connectivity index (χ0) is 16.6. The highest BCUT2D eigenvalue weighted by atomic mass is 28.5. The highest BCUT2D eigenvalue weighted by molar-refractivity contribution is 6.94. The molecule has 0 amide bonds. The van der Waals surface area contributed by atoms with Gasteiger partial charge in [0.1, 0.15) is 0 Å². The molecule has 0 heterocycles. The van der Waals surface area contributed by atoms with Gasteiger partial charge in [0.15, 0.2) is 16.6 Å². The van der Waals surface area contributed by atoms with E-state index in [2.05, 4.69) is 54.7 Å². The molecule has 5 heteroatoms. The van der Waals surface area contributed by atoms with Crippen molar-refractivity contribution in [1.82, 2.24) is 0 Å². The van der Waals surface area contributed by atoms with E-state index in [1.807, 2.05) is 11.4 Å². The Bertz CT molecular complexity index is 275. The normalized spacial score (nSPS) is 13.2. The minimum atomic E-state index is -2.49. The van der Waals surface area contributed by atoms with E-state index in [1.54, 1.807) is 0 Å². The summed E-state index contributed by atoms with van der Waals surface area (Å²) in [6.07, 6.45) is 0. The molecule has 0 aliphatic heterocycles. The summed E-state index contributed by atoms with van der Waals surface area (Å²) in [5, 5.41) is 0. The zero-order valence-corrected chi connectivity index (χ0v) is 18.1. The van der Waals surface area contributed by atoms with E-state index in [9.17, 15) is 0 Å². The summed E-state index contributed by atoms with van der Waals surface area (Å²) in [7, 11) is -5.92. The molecule has 0 aromatic carbocycles. The van der Waals surface area contributed by atoms with Crippen LogP contribution in [0.15, 0.2) is 24.6 Å². The average molecular weight is 345 g/mol. The first-order valence-electron chi connectivity index (χ1n) is 8.57. The van der Waals surface area contributed by atoms with Crippen LogP contribution in [0.5, 0.6) is 0 Å². The molecule has 0 saturated heterocycles. The van der Waals surface area contributed by atoms with Crippen molar-refractivity contribution in [2.45, 2.75) is 77.8 Å². The lowest BCUT2D eigenvalue weighted by Gasteiger charge is -2.42. The Hall–Kier alpha value is 0.0506. The number of hydrogen-bond acceptors (Lipinski definition) is 2. The van der Waals surface area contributed by atoms with Crippen molar-refractivity contribution in [3.63, 3.8) is 0 Å². The summed E-state index contributed by atoms with van der Waals surface area (Å²) in [4.78, 5) is 0. The number of rotatable bonds is 12. The predicted octanol–water partition coefficient (Wildman–Crippen LogP) is 5.92. The Morgan fingerprint density at radius 3 is 1.00 bits per heavy atom. The van der Waals surface area contributed by atoms with Gasteiger partial charge in [-0.25, -0.2) is 0 Å². The van der Waals surface area contributed by atoms with E-state index in [0.29, 0.717) is 0 Å².